The van der Waals surface area contributed by atoms with Crippen molar-refractivity contribution in [2.24, 2.45) is 11.8 Å². The molecule has 150 valence electrons. The van der Waals surface area contributed by atoms with Crippen LogP contribution in [0.1, 0.15) is 55.8 Å². The van der Waals surface area contributed by atoms with Gasteiger partial charge < -0.3 is 10.1 Å². The average Bonchev–Trinajstić information content (AvgIpc) is 3.49. The number of rotatable bonds is 9. The van der Waals surface area contributed by atoms with Crippen molar-refractivity contribution in [2.75, 3.05) is 19.7 Å². The number of amides is 1. The van der Waals surface area contributed by atoms with Gasteiger partial charge in [-0.15, -0.1) is 0 Å². The fourth-order valence-corrected chi connectivity index (χ4v) is 4.61. The van der Waals surface area contributed by atoms with Gasteiger partial charge in [0.2, 0.25) is 10.0 Å². The second-order valence-electron chi connectivity index (χ2n) is 7.75. The summed E-state index contributed by atoms with van der Waals surface area (Å²) < 4.78 is 33.2. The number of carbonyl (C=O) groups is 1. The van der Waals surface area contributed by atoms with E-state index < -0.39 is 10.0 Å². The highest BCUT2D eigenvalue weighted by Crippen LogP contribution is 2.28. The van der Waals surface area contributed by atoms with E-state index in [-0.39, 0.29) is 16.9 Å². The van der Waals surface area contributed by atoms with Crippen LogP contribution in [0.15, 0.2) is 29.2 Å². The summed E-state index contributed by atoms with van der Waals surface area (Å²) in [6.07, 6.45) is 7.20. The van der Waals surface area contributed by atoms with Gasteiger partial charge in [0.15, 0.2) is 0 Å². The van der Waals surface area contributed by atoms with Crippen LogP contribution in [0.25, 0.3) is 0 Å². The van der Waals surface area contributed by atoms with Crippen molar-refractivity contribution in [3.05, 3.63) is 29.8 Å². The van der Waals surface area contributed by atoms with Crippen LogP contribution in [-0.2, 0) is 14.8 Å². The molecular formula is C20H30N2O4S. The SMILES string of the molecule is CC1CCCCC1OCCNC(=O)c1cccc(S(=O)(=O)NCC2CC2)c1. The van der Waals surface area contributed by atoms with Gasteiger partial charge in [-0.3, -0.25) is 4.79 Å². The molecule has 2 fully saturated rings. The fourth-order valence-electron chi connectivity index (χ4n) is 3.44. The third kappa shape index (κ3) is 6.02. The Morgan fingerprint density at radius 1 is 1.19 bits per heavy atom. The summed E-state index contributed by atoms with van der Waals surface area (Å²) in [5.74, 6) is 0.743. The van der Waals surface area contributed by atoms with Gasteiger partial charge in [-0.2, -0.15) is 0 Å². The minimum absolute atomic E-state index is 0.128. The monoisotopic (exact) mass is 394 g/mol. The lowest BCUT2D eigenvalue weighted by Crippen LogP contribution is -2.32. The maximum absolute atomic E-state index is 12.3. The third-order valence-electron chi connectivity index (χ3n) is 5.42. The lowest BCUT2D eigenvalue weighted by Gasteiger charge is -2.28. The fraction of sp³-hybridized carbons (Fsp3) is 0.650. The molecule has 2 saturated carbocycles. The van der Waals surface area contributed by atoms with Gasteiger partial charge in [0.05, 0.1) is 17.6 Å². The molecule has 7 heteroatoms. The molecule has 2 unspecified atom stereocenters. The molecule has 0 radical (unpaired) electrons. The van der Waals surface area contributed by atoms with Crippen molar-refractivity contribution in [1.29, 1.82) is 0 Å². The minimum Gasteiger partial charge on any atom is -0.376 e. The van der Waals surface area contributed by atoms with Gasteiger partial charge in [0, 0.05) is 18.7 Å². The minimum atomic E-state index is -3.57. The Balaban J connectivity index is 1.47. The van der Waals surface area contributed by atoms with Crippen LogP contribution in [-0.4, -0.2) is 40.1 Å². The number of ether oxygens (including phenoxy) is 1. The lowest BCUT2D eigenvalue weighted by atomic mass is 9.88. The van der Waals surface area contributed by atoms with Gasteiger partial charge in [-0.05, 0) is 55.7 Å². The Kier molecular flexibility index (Phi) is 6.89. The van der Waals surface area contributed by atoms with Crippen molar-refractivity contribution < 1.29 is 17.9 Å². The molecule has 1 amide bonds. The van der Waals surface area contributed by atoms with Crippen LogP contribution in [0.2, 0.25) is 0 Å². The summed E-state index contributed by atoms with van der Waals surface area (Å²) in [7, 11) is -3.57. The number of carbonyl (C=O) groups excluding carboxylic acids is 1. The molecule has 2 atom stereocenters. The first-order chi connectivity index (χ1) is 13.0. The predicted octanol–water partition coefficient (Wildman–Crippen LogP) is 2.70. The molecule has 2 aliphatic carbocycles. The zero-order valence-corrected chi connectivity index (χ0v) is 16.8. The van der Waals surface area contributed by atoms with Crippen molar-refractivity contribution >= 4 is 15.9 Å². The van der Waals surface area contributed by atoms with E-state index in [1.54, 1.807) is 12.1 Å². The van der Waals surface area contributed by atoms with Gasteiger partial charge >= 0.3 is 0 Å². The smallest absolute Gasteiger partial charge is 0.251 e. The molecule has 0 aliphatic heterocycles. The molecule has 27 heavy (non-hydrogen) atoms. The maximum atomic E-state index is 12.3. The molecule has 1 aromatic rings. The van der Waals surface area contributed by atoms with E-state index in [0.717, 1.165) is 19.3 Å². The zero-order chi connectivity index (χ0) is 19.3. The highest BCUT2D eigenvalue weighted by molar-refractivity contribution is 7.89. The summed E-state index contributed by atoms with van der Waals surface area (Å²) in [5.41, 5.74) is 0.343. The summed E-state index contributed by atoms with van der Waals surface area (Å²) in [6.45, 7) is 3.57. The van der Waals surface area contributed by atoms with E-state index >= 15 is 0 Å². The molecule has 0 aromatic heterocycles. The number of benzene rings is 1. The molecule has 0 heterocycles. The van der Waals surface area contributed by atoms with E-state index in [0.29, 0.717) is 37.1 Å². The molecular weight excluding hydrogens is 364 g/mol. The Morgan fingerprint density at radius 2 is 1.96 bits per heavy atom. The number of sulfonamides is 1. The molecule has 0 spiro atoms. The highest BCUT2D eigenvalue weighted by Gasteiger charge is 2.25. The Bertz CT molecular complexity index is 746. The molecule has 0 bridgehead atoms. The first-order valence-electron chi connectivity index (χ1n) is 9.95. The van der Waals surface area contributed by atoms with E-state index in [1.165, 1.54) is 31.4 Å². The third-order valence-corrected chi connectivity index (χ3v) is 6.84. The topological polar surface area (TPSA) is 84.5 Å². The van der Waals surface area contributed by atoms with E-state index in [2.05, 4.69) is 17.0 Å². The van der Waals surface area contributed by atoms with Crippen molar-refractivity contribution in [3.63, 3.8) is 0 Å². The summed E-state index contributed by atoms with van der Waals surface area (Å²) >= 11 is 0. The highest BCUT2D eigenvalue weighted by atomic mass is 32.2. The van der Waals surface area contributed by atoms with Gasteiger partial charge in [-0.1, -0.05) is 25.8 Å². The molecule has 6 nitrogen and oxygen atoms in total. The summed E-state index contributed by atoms with van der Waals surface area (Å²) in [5, 5.41) is 2.81. The molecule has 3 rings (SSSR count). The van der Waals surface area contributed by atoms with Crippen LogP contribution in [0.4, 0.5) is 0 Å². The lowest BCUT2D eigenvalue weighted by molar-refractivity contribution is -0.00293. The van der Waals surface area contributed by atoms with E-state index in [9.17, 15) is 13.2 Å². The normalized spacial score (nSPS) is 23.1. The Hall–Kier alpha value is -1.44. The Labute approximate surface area is 162 Å². The van der Waals surface area contributed by atoms with Gasteiger partial charge in [-0.25, -0.2) is 13.1 Å². The first-order valence-corrected chi connectivity index (χ1v) is 11.4. The van der Waals surface area contributed by atoms with Crippen molar-refractivity contribution in [2.45, 2.75) is 56.4 Å². The van der Waals surface area contributed by atoms with Gasteiger partial charge in [0.25, 0.3) is 5.91 Å². The molecule has 2 N–H and O–H groups in total. The average molecular weight is 395 g/mol. The van der Waals surface area contributed by atoms with Crippen molar-refractivity contribution in [1.82, 2.24) is 10.0 Å². The molecule has 0 saturated heterocycles. The quantitative estimate of drug-likeness (QED) is 0.631. The number of nitrogens with one attached hydrogen (secondary N) is 2. The second kappa shape index (κ2) is 9.17. The van der Waals surface area contributed by atoms with Gasteiger partial charge in [0.1, 0.15) is 0 Å². The van der Waals surface area contributed by atoms with Crippen LogP contribution in [0.3, 0.4) is 0 Å². The summed E-state index contributed by atoms with van der Waals surface area (Å²) in [4.78, 5) is 12.5. The molecule has 1 aromatic carbocycles. The Morgan fingerprint density at radius 3 is 2.70 bits per heavy atom. The van der Waals surface area contributed by atoms with Crippen LogP contribution in [0.5, 0.6) is 0 Å². The standard InChI is InChI=1S/C20H30N2O4S/c1-15-5-2-3-8-19(15)26-12-11-21-20(23)17-6-4-7-18(13-17)27(24,25)22-14-16-9-10-16/h4,6-7,13,15-16,19,22H,2-3,5,8-12,14H2,1H3,(H,21,23). The first kappa shape index (κ1) is 20.3. The zero-order valence-electron chi connectivity index (χ0n) is 15.9. The summed E-state index contributed by atoms with van der Waals surface area (Å²) in [6, 6.07) is 6.16. The predicted molar refractivity (Wildman–Crippen MR) is 104 cm³/mol. The van der Waals surface area contributed by atoms with Crippen LogP contribution in [0, 0.1) is 11.8 Å². The number of hydrogen-bond acceptors (Lipinski definition) is 4. The number of hydrogen-bond donors (Lipinski definition) is 2. The van der Waals surface area contributed by atoms with E-state index in [1.807, 2.05) is 0 Å². The van der Waals surface area contributed by atoms with Crippen LogP contribution < -0.4 is 10.0 Å². The van der Waals surface area contributed by atoms with Crippen LogP contribution >= 0.6 is 0 Å². The molecule has 2 aliphatic rings. The second-order valence-corrected chi connectivity index (χ2v) is 9.52. The maximum Gasteiger partial charge on any atom is 0.251 e. The van der Waals surface area contributed by atoms with Crippen molar-refractivity contribution in [3.8, 4) is 0 Å². The van der Waals surface area contributed by atoms with E-state index in [4.69, 9.17) is 4.74 Å². The largest absolute Gasteiger partial charge is 0.376 e.